The summed E-state index contributed by atoms with van der Waals surface area (Å²) in [5, 5.41) is 0. The van der Waals surface area contributed by atoms with Crippen molar-refractivity contribution in [2.24, 2.45) is 0 Å². The molecule has 0 aromatic rings. The second-order valence-electron chi connectivity index (χ2n) is 1.000. The Bertz CT molecular complexity index is 36.0. The van der Waals surface area contributed by atoms with Gasteiger partial charge in [0, 0.05) is 0 Å². The van der Waals surface area contributed by atoms with Crippen molar-refractivity contribution >= 4 is 0 Å². The predicted molar refractivity (Wildman–Crippen MR) is 27.0 cm³/mol. The van der Waals surface area contributed by atoms with Crippen LogP contribution in [0, 0.1) is 12.2 Å². The lowest BCUT2D eigenvalue weighted by Crippen LogP contribution is -1.58. The minimum Gasteiger partial charge on any atom is -0.0956 e. The van der Waals surface area contributed by atoms with Gasteiger partial charge in [0.05, 0.1) is 0 Å². The molecule has 0 aliphatic heterocycles. The van der Waals surface area contributed by atoms with Gasteiger partial charge in [0.25, 0.3) is 0 Å². The van der Waals surface area contributed by atoms with E-state index in [1.165, 1.54) is 0 Å². The molecule has 0 spiro atoms. The fourth-order valence-corrected chi connectivity index (χ4v) is 0.177. The zero-order valence-corrected chi connectivity index (χ0v) is 3.83. The summed E-state index contributed by atoms with van der Waals surface area (Å²) < 4.78 is 0. The molecule has 32 valence electrons. The Morgan fingerprint density at radius 1 is 1.00 bits per heavy atom. The summed E-state index contributed by atoms with van der Waals surface area (Å²) in [5.41, 5.74) is 0. The van der Waals surface area contributed by atoms with Gasteiger partial charge in [-0.15, -0.1) is 0 Å². The van der Waals surface area contributed by atoms with E-state index in [2.05, 4.69) is 25.3 Å². The Hall–Kier alpha value is -0.520. The molecule has 0 aromatic heterocycles. The first-order chi connectivity index (χ1) is 2.91. The van der Waals surface area contributed by atoms with Gasteiger partial charge in [-0.3, -0.25) is 0 Å². The van der Waals surface area contributed by atoms with Crippen LogP contribution in [-0.2, 0) is 0 Å². The van der Waals surface area contributed by atoms with E-state index in [4.69, 9.17) is 0 Å². The molecular weight excluding hydrogens is 72.1 g/mol. The van der Waals surface area contributed by atoms with Crippen molar-refractivity contribution in [1.82, 2.24) is 0 Å². The van der Waals surface area contributed by atoms with Crippen LogP contribution >= 0.6 is 0 Å². The van der Waals surface area contributed by atoms with E-state index in [0.29, 0.717) is 0 Å². The molecular formula is C6H8. The molecule has 0 rings (SSSR count). The summed E-state index contributed by atoms with van der Waals surface area (Å²) in [6.45, 7) is 6.81. The van der Waals surface area contributed by atoms with Crippen molar-refractivity contribution in [2.75, 3.05) is 0 Å². The lowest BCUT2D eigenvalue weighted by Gasteiger charge is -1.74. The van der Waals surface area contributed by atoms with Crippen LogP contribution < -0.4 is 0 Å². The predicted octanol–water partition coefficient (Wildman–Crippen LogP) is 1.74. The van der Waals surface area contributed by atoms with Gasteiger partial charge < -0.3 is 0 Å². The van der Waals surface area contributed by atoms with E-state index in [1.807, 2.05) is 0 Å². The zero-order chi connectivity index (χ0) is 4.83. The van der Waals surface area contributed by atoms with Crippen molar-refractivity contribution in [1.29, 1.82) is 0 Å². The van der Waals surface area contributed by atoms with Crippen molar-refractivity contribution in [2.45, 2.75) is 12.8 Å². The Labute approximate surface area is 39.2 Å². The van der Waals surface area contributed by atoms with Crippen LogP contribution in [0.5, 0.6) is 0 Å². The van der Waals surface area contributed by atoms with E-state index in [-0.39, 0.29) is 0 Å². The minimum atomic E-state index is 0.878. The van der Waals surface area contributed by atoms with Gasteiger partial charge >= 0.3 is 0 Å². The van der Waals surface area contributed by atoms with Gasteiger partial charge in [-0.05, 0) is 12.8 Å². The summed E-state index contributed by atoms with van der Waals surface area (Å²) >= 11 is 0. The van der Waals surface area contributed by atoms with Gasteiger partial charge in [-0.1, -0.05) is 25.3 Å². The van der Waals surface area contributed by atoms with Gasteiger partial charge in [-0.2, -0.15) is 0 Å². The summed E-state index contributed by atoms with van der Waals surface area (Å²) in [4.78, 5) is 0. The summed E-state index contributed by atoms with van der Waals surface area (Å²) in [5.74, 6) is 0. The smallest absolute Gasteiger partial charge is 0.0242 e. The van der Waals surface area contributed by atoms with Gasteiger partial charge in [-0.25, -0.2) is 0 Å². The maximum Gasteiger partial charge on any atom is -0.0242 e. The molecule has 6 heavy (non-hydrogen) atoms. The Morgan fingerprint density at radius 3 is 1.50 bits per heavy atom. The highest BCUT2D eigenvalue weighted by Crippen LogP contribution is 1.83. The molecule has 0 fully saturated rings. The molecule has 0 aromatic carbocycles. The van der Waals surface area contributed by atoms with Crippen LogP contribution in [-0.4, -0.2) is 0 Å². The number of rotatable bonds is 3. The van der Waals surface area contributed by atoms with Gasteiger partial charge in [0.1, 0.15) is 0 Å². The molecule has 0 aliphatic rings. The molecule has 0 N–H and O–H groups in total. The van der Waals surface area contributed by atoms with Gasteiger partial charge in [0.15, 0.2) is 0 Å². The van der Waals surface area contributed by atoms with E-state index in [9.17, 15) is 0 Å². The molecule has 0 aliphatic carbocycles. The summed E-state index contributed by atoms with van der Waals surface area (Å²) in [7, 11) is 0. The Morgan fingerprint density at radius 2 is 1.33 bits per heavy atom. The largest absolute Gasteiger partial charge is 0.0956 e. The molecule has 0 amide bonds. The normalized spacial score (nSPS) is 7.33. The molecule has 0 atom stereocenters. The van der Waals surface area contributed by atoms with Crippen molar-refractivity contribution < 1.29 is 0 Å². The second kappa shape index (κ2) is 4.48. The van der Waals surface area contributed by atoms with Crippen molar-refractivity contribution in [3.63, 3.8) is 0 Å². The molecule has 2 radical (unpaired) electrons. The zero-order valence-electron chi connectivity index (χ0n) is 3.83. The average Bonchev–Trinajstić information content (AvgIpc) is 1.61. The minimum absolute atomic E-state index is 0.878. The maximum atomic E-state index is 3.41. The summed E-state index contributed by atoms with van der Waals surface area (Å²) in [6, 6.07) is 0. The fraction of sp³-hybridized carbons (Fsp3) is 0.333. The van der Waals surface area contributed by atoms with Crippen LogP contribution in [0.25, 0.3) is 0 Å². The summed E-state index contributed by atoms with van der Waals surface area (Å²) in [6.07, 6.45) is 7.19. The van der Waals surface area contributed by atoms with Crippen molar-refractivity contribution in [3.8, 4) is 0 Å². The first kappa shape index (κ1) is 5.48. The number of hydrogen-bond acceptors (Lipinski definition) is 0. The molecule has 0 nitrogen and oxygen atoms in total. The second-order valence-corrected chi connectivity index (χ2v) is 1.000. The Balaban J connectivity index is 2.66. The maximum absolute atomic E-state index is 3.41. The third-order valence-corrected chi connectivity index (χ3v) is 0.479. The molecule has 0 saturated heterocycles. The van der Waals surface area contributed by atoms with E-state index < -0.39 is 0 Å². The number of hydrogen-bond donors (Lipinski definition) is 0. The third kappa shape index (κ3) is 3.48. The van der Waals surface area contributed by atoms with Crippen LogP contribution in [0.1, 0.15) is 12.8 Å². The van der Waals surface area contributed by atoms with Gasteiger partial charge in [0.2, 0.25) is 0 Å². The van der Waals surface area contributed by atoms with Crippen LogP contribution in [0.3, 0.4) is 0 Å². The highest BCUT2D eigenvalue weighted by atomic mass is 13.7. The fourth-order valence-electron chi connectivity index (χ4n) is 0.177. The quantitative estimate of drug-likeness (QED) is 0.453. The third-order valence-electron chi connectivity index (χ3n) is 0.479. The lowest BCUT2D eigenvalue weighted by molar-refractivity contribution is 1.01. The Kier molecular flexibility index (Phi) is 4.09. The van der Waals surface area contributed by atoms with Crippen LogP contribution in [0.2, 0.25) is 0 Å². The van der Waals surface area contributed by atoms with Crippen LogP contribution in [0.15, 0.2) is 13.2 Å². The molecule has 0 heteroatoms. The van der Waals surface area contributed by atoms with Crippen LogP contribution in [0.4, 0.5) is 0 Å². The topological polar surface area (TPSA) is 0 Å². The molecule has 0 bridgehead atoms. The first-order valence-electron chi connectivity index (χ1n) is 1.91. The molecule has 0 heterocycles. The van der Waals surface area contributed by atoms with E-state index in [0.717, 1.165) is 12.8 Å². The number of allylic oxidation sites excluding steroid dienone is 2. The highest BCUT2D eigenvalue weighted by Gasteiger charge is 1.67. The van der Waals surface area contributed by atoms with E-state index in [1.54, 1.807) is 0 Å². The standard InChI is InChI=1S/C6H8/c1-3-5-6-4-2/h1-2,5-6H2. The first-order valence-corrected chi connectivity index (χ1v) is 1.91. The monoisotopic (exact) mass is 80.1 g/mol. The molecule has 0 unspecified atom stereocenters. The highest BCUT2D eigenvalue weighted by molar-refractivity contribution is 4.61. The van der Waals surface area contributed by atoms with Crippen molar-refractivity contribution in [3.05, 3.63) is 25.3 Å². The molecule has 0 saturated carbocycles. The lowest BCUT2D eigenvalue weighted by atomic mass is 10.3. The SMILES string of the molecule is C=[C]CC[C]=C. The number of unbranched alkanes of at least 4 members (excludes halogenated alkanes) is 1. The van der Waals surface area contributed by atoms with E-state index >= 15 is 0 Å². The average molecular weight is 80.1 g/mol.